The lowest BCUT2D eigenvalue weighted by Gasteiger charge is -2.21. The number of pyridine rings is 1. The number of rotatable bonds is 3. The summed E-state index contributed by atoms with van der Waals surface area (Å²) in [4.78, 5) is 6.52. The Morgan fingerprint density at radius 1 is 1.29 bits per heavy atom. The van der Waals surface area contributed by atoms with Gasteiger partial charge in [-0.25, -0.2) is 4.98 Å². The summed E-state index contributed by atoms with van der Waals surface area (Å²) in [7, 11) is 0. The average molecular weight is 194 g/mol. The monoisotopic (exact) mass is 194 g/mol. The van der Waals surface area contributed by atoms with Crippen LogP contribution in [-0.2, 0) is 0 Å². The van der Waals surface area contributed by atoms with Gasteiger partial charge < -0.3 is 10.0 Å². The van der Waals surface area contributed by atoms with Crippen molar-refractivity contribution in [2.45, 2.75) is 27.7 Å². The summed E-state index contributed by atoms with van der Waals surface area (Å²) in [6.45, 7) is 9.80. The normalized spacial score (nSPS) is 10.3. The van der Waals surface area contributed by atoms with Gasteiger partial charge in [0.25, 0.3) is 0 Å². The van der Waals surface area contributed by atoms with Crippen molar-refractivity contribution in [3.05, 3.63) is 17.3 Å². The summed E-state index contributed by atoms with van der Waals surface area (Å²) in [5.74, 6) is 1.25. The molecule has 1 heterocycles. The smallest absolute Gasteiger partial charge is 0.139 e. The number of nitrogens with zero attached hydrogens (tertiary/aromatic N) is 2. The van der Waals surface area contributed by atoms with Gasteiger partial charge in [-0.3, -0.25) is 0 Å². The Balaban J connectivity index is 3.11. The molecule has 1 aromatic rings. The van der Waals surface area contributed by atoms with Crippen LogP contribution in [0.3, 0.4) is 0 Å². The third-order valence-corrected chi connectivity index (χ3v) is 2.43. The summed E-state index contributed by atoms with van der Waals surface area (Å²) < 4.78 is 0. The number of hydrogen-bond donors (Lipinski definition) is 1. The van der Waals surface area contributed by atoms with E-state index in [1.807, 2.05) is 19.9 Å². The second-order valence-corrected chi connectivity index (χ2v) is 3.40. The Morgan fingerprint density at radius 3 is 2.29 bits per heavy atom. The standard InChI is InChI=1S/C11H18N2O/c1-5-13(6-2)10-7-8(3)11(14)9(4)12-10/h7,14H,5-6H2,1-4H3. The molecule has 0 aromatic carbocycles. The molecule has 0 saturated carbocycles. The first-order valence-electron chi connectivity index (χ1n) is 5.02. The highest BCUT2D eigenvalue weighted by Gasteiger charge is 2.08. The van der Waals surface area contributed by atoms with Gasteiger partial charge in [-0.15, -0.1) is 0 Å². The van der Waals surface area contributed by atoms with E-state index in [9.17, 15) is 5.11 Å². The number of aromatic nitrogens is 1. The SMILES string of the molecule is CCN(CC)c1cc(C)c(O)c(C)n1. The van der Waals surface area contributed by atoms with Crippen molar-refractivity contribution >= 4 is 5.82 Å². The van der Waals surface area contributed by atoms with Crippen molar-refractivity contribution in [3.8, 4) is 5.75 Å². The van der Waals surface area contributed by atoms with Gasteiger partial charge in [0.05, 0.1) is 5.69 Å². The number of anilines is 1. The molecule has 0 aliphatic heterocycles. The Bertz CT molecular complexity index is 296. The summed E-state index contributed by atoms with van der Waals surface area (Å²) in [5, 5.41) is 9.58. The molecule has 1 aromatic heterocycles. The van der Waals surface area contributed by atoms with E-state index in [2.05, 4.69) is 23.7 Å². The van der Waals surface area contributed by atoms with Crippen molar-refractivity contribution in [2.24, 2.45) is 0 Å². The highest BCUT2D eigenvalue weighted by atomic mass is 16.3. The predicted molar refractivity (Wildman–Crippen MR) is 58.9 cm³/mol. The fraction of sp³-hybridized carbons (Fsp3) is 0.545. The molecule has 3 heteroatoms. The first-order chi connectivity index (χ1) is 6.60. The second kappa shape index (κ2) is 4.31. The van der Waals surface area contributed by atoms with Crippen LogP contribution >= 0.6 is 0 Å². The van der Waals surface area contributed by atoms with E-state index in [-0.39, 0.29) is 0 Å². The van der Waals surface area contributed by atoms with Crippen LogP contribution in [0, 0.1) is 13.8 Å². The minimum atomic E-state index is 0.306. The van der Waals surface area contributed by atoms with Gasteiger partial charge in [0, 0.05) is 13.1 Å². The first-order valence-corrected chi connectivity index (χ1v) is 5.02. The number of hydrogen-bond acceptors (Lipinski definition) is 3. The average Bonchev–Trinajstić information content (AvgIpc) is 2.16. The van der Waals surface area contributed by atoms with Crippen molar-refractivity contribution in [2.75, 3.05) is 18.0 Å². The molecular weight excluding hydrogens is 176 g/mol. The number of aromatic hydroxyl groups is 1. The van der Waals surface area contributed by atoms with Crippen LogP contribution < -0.4 is 4.90 Å². The largest absolute Gasteiger partial charge is 0.506 e. The van der Waals surface area contributed by atoms with Gasteiger partial charge >= 0.3 is 0 Å². The van der Waals surface area contributed by atoms with Gasteiger partial charge in [-0.05, 0) is 39.3 Å². The van der Waals surface area contributed by atoms with Crippen LogP contribution in [0.1, 0.15) is 25.1 Å². The zero-order chi connectivity index (χ0) is 10.7. The van der Waals surface area contributed by atoms with E-state index in [1.54, 1.807) is 0 Å². The fourth-order valence-corrected chi connectivity index (χ4v) is 1.51. The van der Waals surface area contributed by atoms with Gasteiger partial charge in [0.15, 0.2) is 0 Å². The molecule has 0 unspecified atom stereocenters. The van der Waals surface area contributed by atoms with E-state index in [1.165, 1.54) is 0 Å². The van der Waals surface area contributed by atoms with Gasteiger partial charge in [-0.1, -0.05) is 0 Å². The lowest BCUT2D eigenvalue weighted by molar-refractivity contribution is 0.463. The topological polar surface area (TPSA) is 36.4 Å². The highest BCUT2D eigenvalue weighted by molar-refractivity contribution is 5.48. The molecule has 0 aliphatic rings. The van der Waals surface area contributed by atoms with E-state index >= 15 is 0 Å². The molecule has 0 amide bonds. The van der Waals surface area contributed by atoms with Crippen molar-refractivity contribution in [1.29, 1.82) is 0 Å². The molecule has 0 atom stereocenters. The van der Waals surface area contributed by atoms with Crippen molar-refractivity contribution in [3.63, 3.8) is 0 Å². The molecule has 0 aliphatic carbocycles. The zero-order valence-electron chi connectivity index (χ0n) is 9.33. The maximum absolute atomic E-state index is 9.58. The molecule has 0 bridgehead atoms. The van der Waals surface area contributed by atoms with E-state index in [0.717, 1.165) is 24.5 Å². The van der Waals surface area contributed by atoms with Gasteiger partial charge in [0.1, 0.15) is 11.6 Å². The molecule has 3 nitrogen and oxygen atoms in total. The maximum Gasteiger partial charge on any atom is 0.139 e. The summed E-state index contributed by atoms with van der Waals surface area (Å²) in [5.41, 5.74) is 1.59. The molecule has 14 heavy (non-hydrogen) atoms. The Labute approximate surface area is 85.4 Å². The number of aryl methyl sites for hydroxylation is 2. The molecule has 0 saturated heterocycles. The first kappa shape index (κ1) is 10.8. The van der Waals surface area contributed by atoms with Crippen LogP contribution in [0.5, 0.6) is 5.75 Å². The lowest BCUT2D eigenvalue weighted by atomic mass is 10.2. The minimum absolute atomic E-state index is 0.306. The van der Waals surface area contributed by atoms with Gasteiger partial charge in [-0.2, -0.15) is 0 Å². The quantitative estimate of drug-likeness (QED) is 0.801. The van der Waals surface area contributed by atoms with E-state index in [0.29, 0.717) is 11.4 Å². The molecule has 1 N–H and O–H groups in total. The van der Waals surface area contributed by atoms with E-state index in [4.69, 9.17) is 0 Å². The maximum atomic E-state index is 9.58. The highest BCUT2D eigenvalue weighted by Crippen LogP contribution is 2.24. The molecule has 0 spiro atoms. The fourth-order valence-electron chi connectivity index (χ4n) is 1.51. The molecule has 0 fully saturated rings. The predicted octanol–water partition coefficient (Wildman–Crippen LogP) is 2.25. The third kappa shape index (κ3) is 1.97. The van der Waals surface area contributed by atoms with E-state index < -0.39 is 0 Å². The Hall–Kier alpha value is -1.25. The summed E-state index contributed by atoms with van der Waals surface area (Å²) >= 11 is 0. The van der Waals surface area contributed by atoms with Crippen LogP contribution in [0.15, 0.2) is 6.07 Å². The van der Waals surface area contributed by atoms with Crippen LogP contribution in [0.2, 0.25) is 0 Å². The Kier molecular flexibility index (Phi) is 3.33. The lowest BCUT2D eigenvalue weighted by Crippen LogP contribution is -2.23. The molecular formula is C11H18N2O. The van der Waals surface area contributed by atoms with Crippen LogP contribution in [0.4, 0.5) is 5.82 Å². The molecule has 1 rings (SSSR count). The third-order valence-electron chi connectivity index (χ3n) is 2.43. The van der Waals surface area contributed by atoms with Crippen LogP contribution in [0.25, 0.3) is 0 Å². The van der Waals surface area contributed by atoms with Crippen LogP contribution in [-0.4, -0.2) is 23.2 Å². The van der Waals surface area contributed by atoms with Crippen molar-refractivity contribution < 1.29 is 5.11 Å². The Morgan fingerprint density at radius 2 is 1.86 bits per heavy atom. The van der Waals surface area contributed by atoms with Crippen molar-refractivity contribution in [1.82, 2.24) is 4.98 Å². The summed E-state index contributed by atoms with van der Waals surface area (Å²) in [6.07, 6.45) is 0. The zero-order valence-corrected chi connectivity index (χ0v) is 9.33. The molecule has 0 radical (unpaired) electrons. The molecule has 78 valence electrons. The second-order valence-electron chi connectivity index (χ2n) is 3.40. The summed E-state index contributed by atoms with van der Waals surface area (Å²) in [6, 6.07) is 1.93. The minimum Gasteiger partial charge on any atom is -0.506 e. The van der Waals surface area contributed by atoms with Gasteiger partial charge in [0.2, 0.25) is 0 Å².